The summed E-state index contributed by atoms with van der Waals surface area (Å²) in [5.41, 5.74) is 2.46. The zero-order valence-electron chi connectivity index (χ0n) is 11.8. The molecule has 6 heteroatoms. The maximum Gasteiger partial charge on any atom is 0.265 e. The van der Waals surface area contributed by atoms with Gasteiger partial charge in [0, 0.05) is 29.0 Å². The number of ether oxygens (including phenoxy) is 1. The lowest BCUT2D eigenvalue weighted by Crippen LogP contribution is -2.07. The van der Waals surface area contributed by atoms with E-state index in [2.05, 4.69) is 4.98 Å². The number of nitrogens with zero attached hydrogens (tertiary/aromatic N) is 1. The van der Waals surface area contributed by atoms with E-state index in [1.165, 1.54) is 6.07 Å². The Morgan fingerprint density at radius 2 is 2.00 bits per heavy atom. The summed E-state index contributed by atoms with van der Waals surface area (Å²) in [6, 6.07) is 9.01. The Labute approximate surface area is 129 Å². The number of pyridine rings is 1. The molecule has 0 fully saturated rings. The average Bonchev–Trinajstić information content (AvgIpc) is 2.41. The van der Waals surface area contributed by atoms with E-state index in [1.807, 2.05) is 31.2 Å². The summed E-state index contributed by atoms with van der Waals surface area (Å²) in [6.45, 7) is 3.95. The third-order valence-electron chi connectivity index (χ3n) is 2.98. The van der Waals surface area contributed by atoms with Gasteiger partial charge in [-0.3, -0.25) is 4.98 Å². The molecule has 0 spiro atoms. The number of aromatic nitrogens is 1. The molecule has 0 saturated carbocycles. The van der Waals surface area contributed by atoms with E-state index in [1.54, 1.807) is 13.1 Å². The van der Waals surface area contributed by atoms with E-state index in [4.69, 9.17) is 15.4 Å². The van der Waals surface area contributed by atoms with Crippen molar-refractivity contribution >= 4 is 19.7 Å². The molecule has 0 bridgehead atoms. The van der Waals surface area contributed by atoms with Gasteiger partial charge in [-0.15, -0.1) is 0 Å². The third-order valence-corrected chi connectivity index (χ3v) is 4.31. The lowest BCUT2D eigenvalue weighted by Gasteiger charge is -2.13. The lowest BCUT2D eigenvalue weighted by atomic mass is 10.1. The maximum absolute atomic E-state index is 11.7. The molecule has 1 aromatic heterocycles. The first-order valence-corrected chi connectivity index (χ1v) is 8.77. The van der Waals surface area contributed by atoms with Crippen LogP contribution in [0, 0.1) is 13.8 Å². The van der Waals surface area contributed by atoms with Gasteiger partial charge >= 0.3 is 0 Å². The van der Waals surface area contributed by atoms with E-state index in [9.17, 15) is 8.42 Å². The van der Waals surface area contributed by atoms with E-state index < -0.39 is 9.05 Å². The molecule has 1 aromatic carbocycles. The minimum atomic E-state index is -3.84. The largest absolute Gasteiger partial charge is 0.491 e. The number of aryl methyl sites for hydroxylation is 2. The molecular formula is C15H16ClNO3S. The summed E-state index contributed by atoms with van der Waals surface area (Å²) in [7, 11) is 1.64. The van der Waals surface area contributed by atoms with Crippen molar-refractivity contribution < 1.29 is 13.2 Å². The van der Waals surface area contributed by atoms with Gasteiger partial charge in [0.2, 0.25) is 0 Å². The van der Waals surface area contributed by atoms with Crippen molar-refractivity contribution in [3.05, 3.63) is 53.3 Å². The number of rotatable bonds is 5. The van der Waals surface area contributed by atoms with Gasteiger partial charge in [-0.2, -0.15) is 0 Å². The van der Waals surface area contributed by atoms with Crippen LogP contribution < -0.4 is 4.74 Å². The molecular weight excluding hydrogens is 310 g/mol. The number of hydrogen-bond acceptors (Lipinski definition) is 4. The first-order valence-electron chi connectivity index (χ1n) is 6.46. The molecule has 2 aromatic rings. The first kappa shape index (κ1) is 15.8. The van der Waals surface area contributed by atoms with Gasteiger partial charge in [-0.25, -0.2) is 8.42 Å². The Bertz CT molecular complexity index is 730. The standard InChI is InChI=1S/C15H16ClNO3S/c1-11-9-12(2)15(14(10-11)21(16,18)19)20-8-6-13-5-3-4-7-17-13/h3-5,7,9-10H,6,8H2,1-2H3. The minimum absolute atomic E-state index is 0.0164. The van der Waals surface area contributed by atoms with Crippen LogP contribution in [0.2, 0.25) is 0 Å². The van der Waals surface area contributed by atoms with Crippen LogP contribution in [0.3, 0.4) is 0 Å². The summed E-state index contributed by atoms with van der Waals surface area (Å²) in [6.07, 6.45) is 2.30. The highest BCUT2D eigenvalue weighted by atomic mass is 35.7. The van der Waals surface area contributed by atoms with Crippen LogP contribution in [0.5, 0.6) is 5.75 Å². The molecule has 0 aliphatic rings. The predicted octanol–water partition coefficient (Wildman–Crippen LogP) is 3.25. The third kappa shape index (κ3) is 4.19. The average molecular weight is 326 g/mol. The molecule has 2 rings (SSSR count). The maximum atomic E-state index is 11.7. The summed E-state index contributed by atoms with van der Waals surface area (Å²) in [5, 5.41) is 0. The van der Waals surface area contributed by atoms with Crippen molar-refractivity contribution in [2.24, 2.45) is 0 Å². The van der Waals surface area contributed by atoms with Crippen LogP contribution in [0.15, 0.2) is 41.4 Å². The van der Waals surface area contributed by atoms with E-state index in [0.717, 1.165) is 16.8 Å². The monoisotopic (exact) mass is 325 g/mol. The second-order valence-corrected chi connectivity index (χ2v) is 7.30. The van der Waals surface area contributed by atoms with Gasteiger partial charge in [0.05, 0.1) is 6.61 Å². The van der Waals surface area contributed by atoms with Crippen molar-refractivity contribution in [2.45, 2.75) is 25.2 Å². The highest BCUT2D eigenvalue weighted by Crippen LogP contribution is 2.31. The van der Waals surface area contributed by atoms with Gasteiger partial charge in [0.15, 0.2) is 0 Å². The van der Waals surface area contributed by atoms with Crippen LogP contribution in [0.1, 0.15) is 16.8 Å². The summed E-state index contributed by atoms with van der Waals surface area (Å²) in [4.78, 5) is 4.21. The molecule has 0 radical (unpaired) electrons. The predicted molar refractivity (Wildman–Crippen MR) is 82.4 cm³/mol. The topological polar surface area (TPSA) is 56.3 Å². The smallest absolute Gasteiger partial charge is 0.265 e. The molecule has 0 unspecified atom stereocenters. The van der Waals surface area contributed by atoms with Gasteiger partial charge in [0.25, 0.3) is 9.05 Å². The molecule has 0 saturated heterocycles. The SMILES string of the molecule is Cc1cc(C)c(OCCc2ccccn2)c(S(=O)(=O)Cl)c1. The van der Waals surface area contributed by atoms with Gasteiger partial charge in [0.1, 0.15) is 10.6 Å². The first-order chi connectivity index (χ1) is 9.88. The molecule has 0 amide bonds. The Kier molecular flexibility index (Phi) is 4.85. The van der Waals surface area contributed by atoms with Crippen LogP contribution in [-0.2, 0) is 15.5 Å². The minimum Gasteiger partial charge on any atom is -0.491 e. The molecule has 21 heavy (non-hydrogen) atoms. The van der Waals surface area contributed by atoms with Gasteiger partial charge < -0.3 is 4.74 Å². The second kappa shape index (κ2) is 6.45. The summed E-state index contributed by atoms with van der Waals surface area (Å²) < 4.78 is 29.0. The molecule has 0 N–H and O–H groups in total. The van der Waals surface area contributed by atoms with Gasteiger partial charge in [-0.1, -0.05) is 12.1 Å². The number of halogens is 1. The Morgan fingerprint density at radius 1 is 1.24 bits per heavy atom. The van der Waals surface area contributed by atoms with E-state index >= 15 is 0 Å². The Morgan fingerprint density at radius 3 is 2.62 bits per heavy atom. The fraction of sp³-hybridized carbons (Fsp3) is 0.267. The van der Waals surface area contributed by atoms with Crippen molar-refractivity contribution in [3.8, 4) is 5.75 Å². The molecule has 1 heterocycles. The number of hydrogen-bond donors (Lipinski definition) is 0. The zero-order valence-corrected chi connectivity index (χ0v) is 13.4. The van der Waals surface area contributed by atoms with Crippen LogP contribution >= 0.6 is 10.7 Å². The van der Waals surface area contributed by atoms with Crippen molar-refractivity contribution in [2.75, 3.05) is 6.61 Å². The van der Waals surface area contributed by atoms with Gasteiger partial charge in [-0.05, 0) is 43.2 Å². The fourth-order valence-electron chi connectivity index (χ4n) is 2.09. The number of benzene rings is 1. The van der Waals surface area contributed by atoms with Crippen LogP contribution in [-0.4, -0.2) is 20.0 Å². The normalized spacial score (nSPS) is 11.4. The van der Waals surface area contributed by atoms with Crippen LogP contribution in [0.25, 0.3) is 0 Å². The summed E-state index contributed by atoms with van der Waals surface area (Å²) >= 11 is 0. The van der Waals surface area contributed by atoms with Crippen molar-refractivity contribution in [1.29, 1.82) is 0 Å². The fourth-order valence-corrected chi connectivity index (χ4v) is 3.20. The zero-order chi connectivity index (χ0) is 15.5. The Balaban J connectivity index is 2.20. The lowest BCUT2D eigenvalue weighted by molar-refractivity contribution is 0.310. The van der Waals surface area contributed by atoms with Crippen molar-refractivity contribution in [1.82, 2.24) is 4.98 Å². The summed E-state index contributed by atoms with van der Waals surface area (Å²) in [5.74, 6) is 0.312. The van der Waals surface area contributed by atoms with Crippen molar-refractivity contribution in [3.63, 3.8) is 0 Å². The Hall–Kier alpha value is -1.59. The molecule has 0 atom stereocenters. The molecule has 112 valence electrons. The second-order valence-electron chi connectivity index (χ2n) is 4.77. The molecule has 0 aliphatic heterocycles. The molecule has 0 aliphatic carbocycles. The highest BCUT2D eigenvalue weighted by Gasteiger charge is 2.19. The van der Waals surface area contributed by atoms with Crippen LogP contribution in [0.4, 0.5) is 0 Å². The van der Waals surface area contributed by atoms with E-state index in [0.29, 0.717) is 18.8 Å². The molecule has 4 nitrogen and oxygen atoms in total. The van der Waals surface area contributed by atoms with E-state index in [-0.39, 0.29) is 4.90 Å². The highest BCUT2D eigenvalue weighted by molar-refractivity contribution is 8.13. The quantitative estimate of drug-likeness (QED) is 0.792.